The summed E-state index contributed by atoms with van der Waals surface area (Å²) >= 11 is 0. The Kier molecular flexibility index (Phi) is 5.32. The van der Waals surface area contributed by atoms with Crippen molar-refractivity contribution in [2.45, 2.75) is 26.6 Å². The predicted octanol–water partition coefficient (Wildman–Crippen LogP) is 8.03. The van der Waals surface area contributed by atoms with Crippen molar-refractivity contribution < 1.29 is 17.8 Å². The Bertz CT molecular complexity index is 1860. The van der Waals surface area contributed by atoms with Crippen LogP contribution in [0.15, 0.2) is 83.4 Å². The van der Waals surface area contributed by atoms with E-state index in [1.54, 1.807) is 12.1 Å². The van der Waals surface area contributed by atoms with E-state index >= 15 is 8.78 Å². The van der Waals surface area contributed by atoms with Crippen LogP contribution in [0.4, 0.5) is 8.78 Å². The molecule has 0 unspecified atom stereocenters. The maximum absolute atomic E-state index is 15.4. The summed E-state index contributed by atoms with van der Waals surface area (Å²) in [5.41, 5.74) is 4.85. The SMILES string of the molecule is Cc1ccc2c(oc3c(-c4ccc5ccccc5c4)c(F)ccc32)c1-c1cc(F)c([Si](C)(C)C)c[n+]1C. The first kappa shape index (κ1) is 23.6. The maximum Gasteiger partial charge on any atom is 0.219 e. The summed E-state index contributed by atoms with van der Waals surface area (Å²) in [6.45, 7) is 8.41. The number of hydrogen-bond donors (Lipinski definition) is 0. The number of rotatable bonds is 3. The van der Waals surface area contributed by atoms with Crippen LogP contribution in [0.1, 0.15) is 5.56 Å². The number of benzene rings is 4. The van der Waals surface area contributed by atoms with Crippen molar-refractivity contribution in [1.29, 1.82) is 0 Å². The van der Waals surface area contributed by atoms with Crippen molar-refractivity contribution in [3.63, 3.8) is 0 Å². The minimum atomic E-state index is -1.86. The molecule has 0 fully saturated rings. The third-order valence-electron chi connectivity index (χ3n) is 7.29. The summed E-state index contributed by atoms with van der Waals surface area (Å²) in [6, 6.07) is 22.9. The molecule has 0 bridgehead atoms. The van der Waals surface area contributed by atoms with E-state index in [4.69, 9.17) is 4.42 Å². The first-order chi connectivity index (χ1) is 17.6. The van der Waals surface area contributed by atoms with E-state index in [0.29, 0.717) is 16.7 Å². The minimum Gasteiger partial charge on any atom is -0.454 e. The van der Waals surface area contributed by atoms with Crippen molar-refractivity contribution in [1.82, 2.24) is 0 Å². The molecule has 6 rings (SSSR count). The monoisotopic (exact) mass is 508 g/mol. The molecule has 5 heteroatoms. The number of halogens is 2. The average Bonchev–Trinajstić information content (AvgIpc) is 3.22. The number of pyridine rings is 1. The van der Waals surface area contributed by atoms with E-state index in [1.165, 1.54) is 6.07 Å². The largest absolute Gasteiger partial charge is 0.454 e. The molecule has 0 N–H and O–H groups in total. The Morgan fingerprint density at radius 1 is 0.730 bits per heavy atom. The van der Waals surface area contributed by atoms with Crippen molar-refractivity contribution in [3.8, 4) is 22.4 Å². The number of aromatic nitrogens is 1. The summed E-state index contributed by atoms with van der Waals surface area (Å²) in [7, 11) is 0.0853. The van der Waals surface area contributed by atoms with Gasteiger partial charge in [-0.05, 0) is 47.0 Å². The third kappa shape index (κ3) is 3.77. The lowest BCUT2D eigenvalue weighted by Gasteiger charge is -2.16. The summed E-state index contributed by atoms with van der Waals surface area (Å²) in [6.07, 6.45) is 1.91. The molecule has 184 valence electrons. The van der Waals surface area contributed by atoms with E-state index < -0.39 is 8.07 Å². The molecule has 6 aromatic rings. The lowest BCUT2D eigenvalue weighted by atomic mass is 9.97. The Morgan fingerprint density at radius 3 is 2.14 bits per heavy atom. The molecular formula is C32H28F2NOSi+. The molecule has 0 aliphatic carbocycles. The van der Waals surface area contributed by atoms with Crippen molar-refractivity contribution in [2.24, 2.45) is 7.05 Å². The Hall–Kier alpha value is -3.83. The molecule has 0 radical (unpaired) electrons. The zero-order valence-electron chi connectivity index (χ0n) is 21.6. The van der Waals surface area contributed by atoms with Crippen LogP contribution in [0.3, 0.4) is 0 Å². The molecule has 0 atom stereocenters. The molecule has 0 saturated carbocycles. The third-order valence-corrected chi connectivity index (χ3v) is 9.28. The zero-order chi connectivity index (χ0) is 26.1. The number of nitrogens with zero attached hydrogens (tertiary/aromatic N) is 1. The van der Waals surface area contributed by atoms with Gasteiger partial charge < -0.3 is 4.42 Å². The molecule has 2 nitrogen and oxygen atoms in total. The van der Waals surface area contributed by atoms with Gasteiger partial charge in [-0.15, -0.1) is 0 Å². The van der Waals surface area contributed by atoms with E-state index in [-0.39, 0.29) is 11.6 Å². The summed E-state index contributed by atoms with van der Waals surface area (Å²) < 4.78 is 39.3. The standard InChI is InChI=1S/C32H28F2NOSi/c1-19-10-13-23-24-14-15-25(33)30(22-12-11-20-8-6-7-9-21(20)16-22)32(24)36-31(23)29(19)27-17-26(34)28(18-35(27)2)37(3,4)5/h6-18H,1-5H3/q+1. The number of hydrogen-bond acceptors (Lipinski definition) is 1. The van der Waals surface area contributed by atoms with Crippen LogP contribution in [-0.2, 0) is 7.05 Å². The summed E-state index contributed by atoms with van der Waals surface area (Å²) in [5, 5.41) is 4.63. The van der Waals surface area contributed by atoms with Gasteiger partial charge in [0.1, 0.15) is 29.8 Å². The van der Waals surface area contributed by atoms with Crippen LogP contribution >= 0.6 is 0 Å². The lowest BCUT2D eigenvalue weighted by molar-refractivity contribution is -0.659. The summed E-state index contributed by atoms with van der Waals surface area (Å²) in [4.78, 5) is 0. The fourth-order valence-electron chi connectivity index (χ4n) is 5.34. The predicted molar refractivity (Wildman–Crippen MR) is 151 cm³/mol. The minimum absolute atomic E-state index is 0.192. The van der Waals surface area contributed by atoms with E-state index in [1.807, 2.05) is 79.3 Å². The lowest BCUT2D eigenvalue weighted by Crippen LogP contribution is -2.47. The van der Waals surface area contributed by atoms with Crippen LogP contribution in [0, 0.1) is 18.6 Å². The molecule has 2 heterocycles. The number of aryl methyl sites for hydroxylation is 2. The smallest absolute Gasteiger partial charge is 0.219 e. The van der Waals surface area contributed by atoms with Gasteiger partial charge in [0.2, 0.25) is 5.69 Å². The molecule has 0 amide bonds. The second kappa shape index (κ2) is 8.35. The van der Waals surface area contributed by atoms with Gasteiger partial charge in [-0.1, -0.05) is 68.2 Å². The topological polar surface area (TPSA) is 17.0 Å². The molecule has 0 spiro atoms. The molecule has 0 saturated heterocycles. The van der Waals surface area contributed by atoms with E-state index in [2.05, 4.69) is 19.6 Å². The summed E-state index contributed by atoms with van der Waals surface area (Å²) in [5.74, 6) is -0.529. The van der Waals surface area contributed by atoms with Crippen LogP contribution < -0.4 is 9.75 Å². The Labute approximate surface area is 215 Å². The van der Waals surface area contributed by atoms with Crippen LogP contribution in [-0.4, -0.2) is 8.07 Å². The molecule has 0 aliphatic heterocycles. The van der Waals surface area contributed by atoms with E-state index in [9.17, 15) is 0 Å². The number of fused-ring (bicyclic) bond motifs is 4. The molecule has 4 aromatic carbocycles. The van der Waals surface area contributed by atoms with Gasteiger partial charge in [-0.3, -0.25) is 0 Å². The quantitative estimate of drug-likeness (QED) is 0.175. The average molecular weight is 509 g/mol. The van der Waals surface area contributed by atoms with Crippen molar-refractivity contribution in [2.75, 3.05) is 0 Å². The van der Waals surface area contributed by atoms with Gasteiger partial charge in [0.05, 0.1) is 19.2 Å². The van der Waals surface area contributed by atoms with Crippen molar-refractivity contribution in [3.05, 3.63) is 96.2 Å². The highest BCUT2D eigenvalue weighted by atomic mass is 28.3. The Morgan fingerprint density at radius 2 is 1.41 bits per heavy atom. The molecule has 0 aliphatic rings. The second-order valence-electron chi connectivity index (χ2n) is 10.9. The van der Waals surface area contributed by atoms with Gasteiger partial charge in [0.15, 0.2) is 6.20 Å². The highest BCUT2D eigenvalue weighted by Crippen LogP contribution is 2.42. The highest BCUT2D eigenvalue weighted by molar-refractivity contribution is 6.88. The van der Waals surface area contributed by atoms with Crippen LogP contribution in [0.25, 0.3) is 55.1 Å². The Balaban J connectivity index is 1.65. The fraction of sp³-hybridized carbons (Fsp3) is 0.156. The first-order valence-electron chi connectivity index (χ1n) is 12.5. The maximum atomic E-state index is 15.4. The fourth-order valence-corrected chi connectivity index (χ4v) is 6.70. The molecule has 37 heavy (non-hydrogen) atoms. The van der Waals surface area contributed by atoms with Gasteiger partial charge >= 0.3 is 0 Å². The van der Waals surface area contributed by atoms with Gasteiger partial charge in [-0.2, -0.15) is 0 Å². The van der Waals surface area contributed by atoms with Crippen LogP contribution in [0.2, 0.25) is 19.6 Å². The van der Waals surface area contributed by atoms with E-state index in [0.717, 1.165) is 49.1 Å². The zero-order valence-corrected chi connectivity index (χ0v) is 22.6. The second-order valence-corrected chi connectivity index (χ2v) is 15.9. The first-order valence-corrected chi connectivity index (χ1v) is 16.0. The molecular weight excluding hydrogens is 480 g/mol. The van der Waals surface area contributed by atoms with Gasteiger partial charge in [-0.25, -0.2) is 13.3 Å². The van der Waals surface area contributed by atoms with Gasteiger partial charge in [0.25, 0.3) is 0 Å². The van der Waals surface area contributed by atoms with Gasteiger partial charge in [0, 0.05) is 22.0 Å². The normalized spacial score (nSPS) is 12.2. The highest BCUT2D eigenvalue weighted by Gasteiger charge is 2.29. The van der Waals surface area contributed by atoms with Crippen molar-refractivity contribution >= 4 is 46.0 Å². The molecule has 2 aromatic heterocycles. The van der Waals surface area contributed by atoms with Crippen LogP contribution in [0.5, 0.6) is 0 Å². The number of furan rings is 1.